The van der Waals surface area contributed by atoms with Gasteiger partial charge >= 0.3 is 0 Å². The highest BCUT2D eigenvalue weighted by molar-refractivity contribution is 9.11. The Balaban J connectivity index is 2.34. The van der Waals surface area contributed by atoms with E-state index in [9.17, 15) is 0 Å². The SMILES string of the molecule is COc1cccc(Oc2ccc(Br)cc2Br)c1N. The molecule has 2 N–H and O–H groups in total. The van der Waals surface area contributed by atoms with Crippen LogP contribution in [0.2, 0.25) is 0 Å². The van der Waals surface area contributed by atoms with E-state index in [2.05, 4.69) is 31.9 Å². The van der Waals surface area contributed by atoms with E-state index in [1.807, 2.05) is 24.3 Å². The Bertz CT molecular complexity index is 573. The standard InChI is InChI=1S/C13H11Br2NO2/c1-17-11-3-2-4-12(13(11)16)18-10-6-5-8(14)7-9(10)15/h2-7H,16H2,1H3. The minimum absolute atomic E-state index is 0.481. The van der Waals surface area contributed by atoms with E-state index in [4.69, 9.17) is 15.2 Å². The number of benzene rings is 2. The highest BCUT2D eigenvalue weighted by Crippen LogP contribution is 2.37. The van der Waals surface area contributed by atoms with Gasteiger partial charge in [-0.15, -0.1) is 0 Å². The van der Waals surface area contributed by atoms with Crippen molar-refractivity contribution in [3.05, 3.63) is 45.3 Å². The number of para-hydroxylation sites is 1. The molecule has 2 aromatic rings. The van der Waals surface area contributed by atoms with Crippen LogP contribution < -0.4 is 15.2 Å². The van der Waals surface area contributed by atoms with Crippen LogP contribution in [-0.4, -0.2) is 7.11 Å². The lowest BCUT2D eigenvalue weighted by atomic mass is 10.2. The average molecular weight is 373 g/mol. The van der Waals surface area contributed by atoms with E-state index < -0.39 is 0 Å². The predicted octanol–water partition coefficient (Wildman–Crippen LogP) is 4.59. The molecule has 94 valence electrons. The Labute approximate surface area is 122 Å². The fourth-order valence-electron chi connectivity index (χ4n) is 1.47. The van der Waals surface area contributed by atoms with E-state index in [1.165, 1.54) is 0 Å². The summed E-state index contributed by atoms with van der Waals surface area (Å²) in [6.45, 7) is 0. The van der Waals surface area contributed by atoms with Gasteiger partial charge in [0.1, 0.15) is 17.2 Å². The van der Waals surface area contributed by atoms with Crippen LogP contribution in [0.25, 0.3) is 0 Å². The Kier molecular flexibility index (Phi) is 4.14. The second-order valence-corrected chi connectivity index (χ2v) is 5.32. The topological polar surface area (TPSA) is 44.5 Å². The van der Waals surface area contributed by atoms with Gasteiger partial charge in [-0.05, 0) is 46.3 Å². The number of hydrogen-bond donors (Lipinski definition) is 1. The molecule has 0 saturated carbocycles. The van der Waals surface area contributed by atoms with Crippen LogP contribution in [-0.2, 0) is 0 Å². The number of nitrogens with two attached hydrogens (primary N) is 1. The lowest BCUT2D eigenvalue weighted by Gasteiger charge is -2.12. The molecule has 3 nitrogen and oxygen atoms in total. The molecule has 5 heteroatoms. The van der Waals surface area contributed by atoms with Gasteiger partial charge in [0.25, 0.3) is 0 Å². The largest absolute Gasteiger partial charge is 0.494 e. The van der Waals surface area contributed by atoms with Crippen molar-refractivity contribution >= 4 is 37.5 Å². The van der Waals surface area contributed by atoms with E-state index in [1.54, 1.807) is 19.2 Å². The van der Waals surface area contributed by atoms with Gasteiger partial charge in [-0.25, -0.2) is 0 Å². The van der Waals surface area contributed by atoms with E-state index in [0.717, 1.165) is 8.95 Å². The zero-order valence-electron chi connectivity index (χ0n) is 9.61. The molecule has 0 aliphatic carbocycles. The van der Waals surface area contributed by atoms with Crippen molar-refractivity contribution in [2.45, 2.75) is 0 Å². The molecule has 18 heavy (non-hydrogen) atoms. The van der Waals surface area contributed by atoms with Crippen molar-refractivity contribution in [1.29, 1.82) is 0 Å². The van der Waals surface area contributed by atoms with Crippen molar-refractivity contribution in [2.24, 2.45) is 0 Å². The second-order valence-electron chi connectivity index (χ2n) is 3.55. The van der Waals surface area contributed by atoms with Gasteiger partial charge < -0.3 is 15.2 Å². The minimum atomic E-state index is 0.481. The maximum Gasteiger partial charge on any atom is 0.154 e. The first-order valence-corrected chi connectivity index (χ1v) is 6.76. The molecular formula is C13H11Br2NO2. The number of halogens is 2. The summed E-state index contributed by atoms with van der Waals surface area (Å²) in [5.74, 6) is 1.86. The molecule has 0 unspecified atom stereocenters. The van der Waals surface area contributed by atoms with Crippen molar-refractivity contribution in [3.63, 3.8) is 0 Å². The van der Waals surface area contributed by atoms with Crippen LogP contribution >= 0.6 is 31.9 Å². The molecule has 0 radical (unpaired) electrons. The van der Waals surface area contributed by atoms with E-state index in [0.29, 0.717) is 22.9 Å². The Morgan fingerprint density at radius 2 is 1.72 bits per heavy atom. The van der Waals surface area contributed by atoms with Crippen molar-refractivity contribution in [3.8, 4) is 17.2 Å². The van der Waals surface area contributed by atoms with Crippen LogP contribution in [0.1, 0.15) is 0 Å². The molecule has 2 aromatic carbocycles. The summed E-state index contributed by atoms with van der Waals surface area (Å²) in [4.78, 5) is 0. The lowest BCUT2D eigenvalue weighted by molar-refractivity contribution is 0.412. The smallest absolute Gasteiger partial charge is 0.154 e. The monoisotopic (exact) mass is 371 g/mol. The van der Waals surface area contributed by atoms with E-state index in [-0.39, 0.29) is 0 Å². The van der Waals surface area contributed by atoms with Crippen LogP contribution in [0, 0.1) is 0 Å². The molecule has 0 amide bonds. The first-order chi connectivity index (χ1) is 8.61. The highest BCUT2D eigenvalue weighted by Gasteiger charge is 2.09. The molecule has 0 fully saturated rings. The number of nitrogen functional groups attached to an aromatic ring is 1. The molecule has 2 rings (SSSR count). The van der Waals surface area contributed by atoms with Gasteiger partial charge in [0, 0.05) is 4.47 Å². The summed E-state index contributed by atoms with van der Waals surface area (Å²) in [6.07, 6.45) is 0. The third-order valence-electron chi connectivity index (χ3n) is 2.36. The molecule has 0 heterocycles. The summed E-state index contributed by atoms with van der Waals surface area (Å²) in [6, 6.07) is 11.1. The zero-order valence-corrected chi connectivity index (χ0v) is 12.8. The Morgan fingerprint density at radius 3 is 2.39 bits per heavy atom. The molecule has 0 aromatic heterocycles. The fraction of sp³-hybridized carbons (Fsp3) is 0.0769. The molecule has 0 bridgehead atoms. The first-order valence-electron chi connectivity index (χ1n) is 5.17. The minimum Gasteiger partial charge on any atom is -0.494 e. The number of ether oxygens (including phenoxy) is 2. The molecule has 0 aliphatic heterocycles. The summed E-state index contributed by atoms with van der Waals surface area (Å²) < 4.78 is 12.7. The van der Waals surface area contributed by atoms with Gasteiger partial charge in [0.2, 0.25) is 0 Å². The maximum absolute atomic E-state index is 5.95. The molecule has 0 atom stereocenters. The van der Waals surface area contributed by atoms with Crippen LogP contribution in [0.15, 0.2) is 45.3 Å². The second kappa shape index (κ2) is 5.63. The maximum atomic E-state index is 5.95. The summed E-state index contributed by atoms with van der Waals surface area (Å²) in [5, 5.41) is 0. The Morgan fingerprint density at radius 1 is 1.00 bits per heavy atom. The Hall–Kier alpha value is -1.20. The van der Waals surface area contributed by atoms with Gasteiger partial charge in [-0.1, -0.05) is 22.0 Å². The van der Waals surface area contributed by atoms with Crippen LogP contribution in [0.3, 0.4) is 0 Å². The zero-order chi connectivity index (χ0) is 13.1. The molecule has 0 aliphatic rings. The first kappa shape index (κ1) is 13.2. The van der Waals surface area contributed by atoms with Gasteiger partial charge in [0.15, 0.2) is 5.75 Å². The fourth-order valence-corrected chi connectivity index (χ4v) is 2.60. The number of rotatable bonds is 3. The average Bonchev–Trinajstić information content (AvgIpc) is 2.35. The quantitative estimate of drug-likeness (QED) is 0.801. The highest BCUT2D eigenvalue weighted by atomic mass is 79.9. The van der Waals surface area contributed by atoms with E-state index >= 15 is 0 Å². The van der Waals surface area contributed by atoms with Gasteiger partial charge in [0.05, 0.1) is 11.6 Å². The third-order valence-corrected chi connectivity index (χ3v) is 3.47. The number of hydrogen-bond acceptors (Lipinski definition) is 3. The summed E-state index contributed by atoms with van der Waals surface area (Å²) >= 11 is 6.83. The summed E-state index contributed by atoms with van der Waals surface area (Å²) in [5.41, 5.74) is 6.43. The van der Waals surface area contributed by atoms with Crippen LogP contribution in [0.4, 0.5) is 5.69 Å². The third kappa shape index (κ3) is 2.79. The van der Waals surface area contributed by atoms with Crippen molar-refractivity contribution in [2.75, 3.05) is 12.8 Å². The van der Waals surface area contributed by atoms with Crippen molar-refractivity contribution < 1.29 is 9.47 Å². The van der Waals surface area contributed by atoms with Crippen LogP contribution in [0.5, 0.6) is 17.2 Å². The summed E-state index contributed by atoms with van der Waals surface area (Å²) in [7, 11) is 1.57. The number of methoxy groups -OCH3 is 1. The molecular weight excluding hydrogens is 362 g/mol. The number of anilines is 1. The molecule has 0 saturated heterocycles. The van der Waals surface area contributed by atoms with Gasteiger partial charge in [-0.2, -0.15) is 0 Å². The van der Waals surface area contributed by atoms with Gasteiger partial charge in [-0.3, -0.25) is 0 Å². The normalized spacial score (nSPS) is 10.2. The van der Waals surface area contributed by atoms with Crippen molar-refractivity contribution in [1.82, 2.24) is 0 Å². The lowest BCUT2D eigenvalue weighted by Crippen LogP contribution is -1.96. The predicted molar refractivity (Wildman–Crippen MR) is 79.3 cm³/mol. The molecule has 0 spiro atoms.